The Hall–Kier alpha value is -1.39. The zero-order chi connectivity index (χ0) is 13.4. The minimum atomic E-state index is -0.300. The van der Waals surface area contributed by atoms with Crippen molar-refractivity contribution in [2.24, 2.45) is 0 Å². The molecule has 1 aromatic heterocycles. The van der Waals surface area contributed by atoms with E-state index in [2.05, 4.69) is 20.9 Å². The molecule has 1 aliphatic heterocycles. The summed E-state index contributed by atoms with van der Waals surface area (Å²) in [4.78, 5) is 16.2. The molecule has 0 aliphatic carbocycles. The van der Waals surface area contributed by atoms with E-state index in [1.54, 1.807) is 30.6 Å². The van der Waals surface area contributed by atoms with Gasteiger partial charge < -0.3 is 4.74 Å². The largest absolute Gasteiger partial charge is 0.484 e. The average molecular weight is 339 g/mol. The van der Waals surface area contributed by atoms with E-state index in [1.165, 1.54) is 0 Å². The summed E-state index contributed by atoms with van der Waals surface area (Å²) in [5, 5.41) is 0.540. The van der Waals surface area contributed by atoms with Crippen LogP contribution in [0.1, 0.15) is 28.4 Å². The van der Waals surface area contributed by atoms with Gasteiger partial charge in [-0.25, -0.2) is 0 Å². The van der Waals surface area contributed by atoms with Crippen molar-refractivity contribution in [2.75, 3.05) is 0 Å². The Morgan fingerprint density at radius 1 is 1.32 bits per heavy atom. The second-order valence-corrected chi connectivity index (χ2v) is 5.66. The molecule has 1 atom stereocenters. The lowest BCUT2D eigenvalue weighted by Gasteiger charge is -2.25. The summed E-state index contributed by atoms with van der Waals surface area (Å²) in [6.07, 6.45) is 3.41. The number of hydrogen-bond acceptors (Lipinski definition) is 3. The molecule has 3 rings (SSSR count). The molecule has 0 saturated heterocycles. The minimum absolute atomic E-state index is 0.0359. The summed E-state index contributed by atoms with van der Waals surface area (Å²) in [5.74, 6) is 0.611. The highest BCUT2D eigenvalue weighted by Gasteiger charge is 2.28. The number of rotatable bonds is 1. The van der Waals surface area contributed by atoms with Crippen molar-refractivity contribution in [1.29, 1.82) is 0 Å². The van der Waals surface area contributed by atoms with Gasteiger partial charge in [0.1, 0.15) is 11.9 Å². The Morgan fingerprint density at radius 2 is 2.16 bits per heavy atom. The molecule has 0 radical (unpaired) electrons. The highest BCUT2D eigenvalue weighted by atomic mass is 79.9. The van der Waals surface area contributed by atoms with Crippen molar-refractivity contribution >= 4 is 33.3 Å². The van der Waals surface area contributed by atoms with E-state index in [0.29, 0.717) is 22.8 Å². The number of hydrogen-bond donors (Lipinski definition) is 0. The maximum atomic E-state index is 12.1. The fraction of sp³-hybridized carbons (Fsp3) is 0.143. The third kappa shape index (κ3) is 2.51. The highest BCUT2D eigenvalue weighted by molar-refractivity contribution is 9.10. The van der Waals surface area contributed by atoms with Gasteiger partial charge >= 0.3 is 0 Å². The number of ketones is 1. The number of halogens is 2. The first kappa shape index (κ1) is 12.6. The van der Waals surface area contributed by atoms with Crippen molar-refractivity contribution in [2.45, 2.75) is 12.5 Å². The van der Waals surface area contributed by atoms with Gasteiger partial charge in [0, 0.05) is 27.5 Å². The maximum Gasteiger partial charge on any atom is 0.170 e. The van der Waals surface area contributed by atoms with E-state index in [1.807, 2.05) is 6.07 Å². The van der Waals surface area contributed by atoms with E-state index in [9.17, 15) is 4.79 Å². The van der Waals surface area contributed by atoms with Gasteiger partial charge in [-0.3, -0.25) is 9.78 Å². The van der Waals surface area contributed by atoms with Gasteiger partial charge in [0.25, 0.3) is 0 Å². The molecule has 2 heterocycles. The third-order valence-electron chi connectivity index (χ3n) is 2.98. The lowest BCUT2D eigenvalue weighted by molar-refractivity contribution is 0.0849. The first-order valence-electron chi connectivity index (χ1n) is 5.73. The molecule has 0 fully saturated rings. The molecular formula is C14H9BrClNO2. The number of pyridine rings is 1. The minimum Gasteiger partial charge on any atom is -0.484 e. The Bertz CT molecular complexity index is 660. The smallest absolute Gasteiger partial charge is 0.170 e. The lowest BCUT2D eigenvalue weighted by atomic mass is 9.97. The molecular weight excluding hydrogens is 330 g/mol. The van der Waals surface area contributed by atoms with E-state index in [4.69, 9.17) is 16.3 Å². The van der Waals surface area contributed by atoms with Crippen LogP contribution in [0.5, 0.6) is 5.75 Å². The van der Waals surface area contributed by atoms with Gasteiger partial charge in [0.2, 0.25) is 0 Å². The van der Waals surface area contributed by atoms with Gasteiger partial charge in [-0.1, -0.05) is 11.6 Å². The second-order valence-electron chi connectivity index (χ2n) is 4.31. The number of carbonyl (C=O) groups is 1. The predicted molar refractivity (Wildman–Crippen MR) is 75.7 cm³/mol. The number of ether oxygens (including phenoxy) is 1. The molecule has 96 valence electrons. The SMILES string of the molecule is O=C1CC(c2cncc(Br)c2)Oc2ccc(Cl)cc21. The topological polar surface area (TPSA) is 39.2 Å². The number of fused-ring (bicyclic) bond motifs is 1. The molecule has 3 nitrogen and oxygen atoms in total. The summed E-state index contributed by atoms with van der Waals surface area (Å²) in [7, 11) is 0. The molecule has 19 heavy (non-hydrogen) atoms. The third-order valence-corrected chi connectivity index (χ3v) is 3.65. The molecule has 0 amide bonds. The van der Waals surface area contributed by atoms with Gasteiger partial charge in [-0.2, -0.15) is 0 Å². The second kappa shape index (κ2) is 4.94. The zero-order valence-electron chi connectivity index (χ0n) is 9.77. The van der Waals surface area contributed by atoms with E-state index in [0.717, 1.165) is 10.0 Å². The van der Waals surface area contributed by atoms with Crippen LogP contribution in [-0.2, 0) is 0 Å². The van der Waals surface area contributed by atoms with E-state index in [-0.39, 0.29) is 11.9 Å². The number of benzene rings is 1. The van der Waals surface area contributed by atoms with Crippen molar-refractivity contribution < 1.29 is 9.53 Å². The van der Waals surface area contributed by atoms with Gasteiger partial charge in [0.15, 0.2) is 5.78 Å². The summed E-state index contributed by atoms with van der Waals surface area (Å²) >= 11 is 9.26. The van der Waals surface area contributed by atoms with Crippen LogP contribution in [0.2, 0.25) is 5.02 Å². The van der Waals surface area contributed by atoms with Crippen LogP contribution in [0.3, 0.4) is 0 Å². The molecule has 0 bridgehead atoms. The number of nitrogens with zero attached hydrogens (tertiary/aromatic N) is 1. The molecule has 1 aromatic carbocycles. The monoisotopic (exact) mass is 337 g/mol. The van der Waals surface area contributed by atoms with Crippen LogP contribution in [0, 0.1) is 0 Å². The predicted octanol–water partition coefficient (Wildman–Crippen LogP) is 4.20. The van der Waals surface area contributed by atoms with Crippen LogP contribution in [-0.4, -0.2) is 10.8 Å². The van der Waals surface area contributed by atoms with Gasteiger partial charge in [-0.15, -0.1) is 0 Å². The van der Waals surface area contributed by atoms with Gasteiger partial charge in [-0.05, 0) is 40.2 Å². The van der Waals surface area contributed by atoms with Gasteiger partial charge in [0.05, 0.1) is 12.0 Å². The molecule has 5 heteroatoms. The molecule has 0 spiro atoms. The Balaban J connectivity index is 1.97. The molecule has 0 N–H and O–H groups in total. The molecule has 1 unspecified atom stereocenters. The van der Waals surface area contributed by atoms with Crippen LogP contribution < -0.4 is 4.74 Å². The average Bonchev–Trinajstić information content (AvgIpc) is 2.39. The molecule has 1 aliphatic rings. The van der Waals surface area contributed by atoms with Crippen molar-refractivity contribution in [1.82, 2.24) is 4.98 Å². The molecule has 0 saturated carbocycles. The van der Waals surface area contributed by atoms with Crippen molar-refractivity contribution in [3.63, 3.8) is 0 Å². The normalized spacial score (nSPS) is 17.8. The number of Topliss-reactive ketones (excluding diaryl/α,β-unsaturated/α-hetero) is 1. The Labute approximate surface area is 123 Å². The van der Waals surface area contributed by atoms with Crippen molar-refractivity contribution in [3.05, 3.63) is 57.3 Å². The van der Waals surface area contributed by atoms with Crippen LogP contribution >= 0.6 is 27.5 Å². The fourth-order valence-corrected chi connectivity index (χ4v) is 2.64. The lowest BCUT2D eigenvalue weighted by Crippen LogP contribution is -2.20. The summed E-state index contributed by atoms with van der Waals surface area (Å²) < 4.78 is 6.72. The fourth-order valence-electron chi connectivity index (χ4n) is 2.09. The Morgan fingerprint density at radius 3 is 2.95 bits per heavy atom. The van der Waals surface area contributed by atoms with Crippen LogP contribution in [0.15, 0.2) is 41.1 Å². The summed E-state index contributed by atoms with van der Waals surface area (Å²) in [6.45, 7) is 0. The zero-order valence-corrected chi connectivity index (χ0v) is 12.1. The quantitative estimate of drug-likeness (QED) is 0.782. The number of aromatic nitrogens is 1. The van der Waals surface area contributed by atoms with Crippen molar-refractivity contribution in [3.8, 4) is 5.75 Å². The standard InChI is InChI=1S/C14H9BrClNO2/c15-9-3-8(6-17-7-9)14-5-12(18)11-4-10(16)1-2-13(11)19-14/h1-4,6-7,14H,5H2. The first-order valence-corrected chi connectivity index (χ1v) is 6.90. The van der Waals surface area contributed by atoms with Crippen LogP contribution in [0.4, 0.5) is 0 Å². The summed E-state index contributed by atoms with van der Waals surface area (Å²) in [6, 6.07) is 7.00. The van der Waals surface area contributed by atoms with E-state index < -0.39 is 0 Å². The Kier molecular flexibility index (Phi) is 3.29. The van der Waals surface area contributed by atoms with E-state index >= 15 is 0 Å². The summed E-state index contributed by atoms with van der Waals surface area (Å²) in [5.41, 5.74) is 1.43. The maximum absolute atomic E-state index is 12.1. The first-order chi connectivity index (χ1) is 9.13. The number of carbonyl (C=O) groups excluding carboxylic acids is 1. The van der Waals surface area contributed by atoms with Crippen LogP contribution in [0.25, 0.3) is 0 Å². The highest BCUT2D eigenvalue weighted by Crippen LogP contribution is 2.36. The molecule has 2 aromatic rings.